The second kappa shape index (κ2) is 11.4. The van der Waals surface area contributed by atoms with Crippen LogP contribution >= 0.6 is 0 Å². The lowest BCUT2D eigenvalue weighted by atomic mass is 9.86. The van der Waals surface area contributed by atoms with Crippen LogP contribution in [-0.2, 0) is 14.3 Å². The topological polar surface area (TPSA) is 83.8 Å². The highest BCUT2D eigenvalue weighted by atomic mass is 16.5. The van der Waals surface area contributed by atoms with E-state index in [0.717, 1.165) is 25.7 Å². The molecule has 5 atom stereocenters. The van der Waals surface area contributed by atoms with E-state index in [1.54, 1.807) is 6.08 Å². The van der Waals surface area contributed by atoms with Crippen LogP contribution in [0.2, 0.25) is 0 Å². The molecule has 5 heteroatoms. The summed E-state index contributed by atoms with van der Waals surface area (Å²) >= 11 is 0. The highest BCUT2D eigenvalue weighted by Gasteiger charge is 2.39. The molecule has 25 heavy (non-hydrogen) atoms. The molecule has 0 bridgehead atoms. The summed E-state index contributed by atoms with van der Waals surface area (Å²) in [6, 6.07) is 0. The van der Waals surface area contributed by atoms with E-state index >= 15 is 0 Å². The smallest absolute Gasteiger partial charge is 0.305 e. The number of carbonyl (C=O) groups is 2. The number of carbonyl (C=O) groups excluding carboxylic acids is 2. The predicted molar refractivity (Wildman–Crippen MR) is 96.9 cm³/mol. The van der Waals surface area contributed by atoms with Crippen molar-refractivity contribution in [1.82, 2.24) is 0 Å². The summed E-state index contributed by atoms with van der Waals surface area (Å²) < 4.78 is 4.67. The number of hydrogen-bond acceptors (Lipinski definition) is 5. The summed E-state index contributed by atoms with van der Waals surface area (Å²) in [5.74, 6) is -0.486. The van der Waals surface area contributed by atoms with Gasteiger partial charge in [0.1, 0.15) is 5.78 Å². The largest absolute Gasteiger partial charge is 0.469 e. The SMILES string of the molecule is CCCCCC(O)C=CC1C(O)CC(=O)C1CCC(C)CC(=O)OC. The molecule has 1 fully saturated rings. The number of aliphatic hydroxyl groups is 2. The summed E-state index contributed by atoms with van der Waals surface area (Å²) in [5.41, 5.74) is 0. The van der Waals surface area contributed by atoms with Crippen LogP contribution in [0.15, 0.2) is 12.2 Å². The number of Topliss-reactive ketones (excluding diaryl/α,β-unsaturated/α-hetero) is 1. The minimum absolute atomic E-state index is 0.0768. The first-order valence-electron chi connectivity index (χ1n) is 9.53. The molecule has 5 unspecified atom stereocenters. The fourth-order valence-electron chi connectivity index (χ4n) is 3.48. The zero-order chi connectivity index (χ0) is 18.8. The number of ketones is 1. The van der Waals surface area contributed by atoms with Gasteiger partial charge in [-0.2, -0.15) is 0 Å². The molecule has 0 radical (unpaired) electrons. The Morgan fingerprint density at radius 1 is 1.36 bits per heavy atom. The molecule has 5 nitrogen and oxygen atoms in total. The number of esters is 1. The summed E-state index contributed by atoms with van der Waals surface area (Å²) in [7, 11) is 1.37. The average Bonchev–Trinajstić information content (AvgIpc) is 2.84. The number of unbranched alkanes of at least 4 members (excludes halogenated alkanes) is 2. The Morgan fingerprint density at radius 2 is 2.08 bits per heavy atom. The second-order valence-electron chi connectivity index (χ2n) is 7.33. The maximum Gasteiger partial charge on any atom is 0.305 e. The minimum Gasteiger partial charge on any atom is -0.469 e. The van der Waals surface area contributed by atoms with E-state index < -0.39 is 12.2 Å². The van der Waals surface area contributed by atoms with Crippen LogP contribution in [0.3, 0.4) is 0 Å². The van der Waals surface area contributed by atoms with Crippen LogP contribution in [0.1, 0.15) is 65.2 Å². The third-order valence-corrected chi connectivity index (χ3v) is 5.10. The van der Waals surface area contributed by atoms with Crippen LogP contribution in [-0.4, -0.2) is 41.3 Å². The molecule has 0 heterocycles. The van der Waals surface area contributed by atoms with Gasteiger partial charge in [-0.25, -0.2) is 0 Å². The van der Waals surface area contributed by atoms with Crippen molar-refractivity contribution in [2.75, 3.05) is 7.11 Å². The van der Waals surface area contributed by atoms with Gasteiger partial charge >= 0.3 is 5.97 Å². The maximum absolute atomic E-state index is 12.2. The maximum atomic E-state index is 12.2. The van der Waals surface area contributed by atoms with Gasteiger partial charge in [-0.05, 0) is 25.2 Å². The van der Waals surface area contributed by atoms with Gasteiger partial charge < -0.3 is 14.9 Å². The molecule has 0 saturated heterocycles. The zero-order valence-electron chi connectivity index (χ0n) is 15.8. The summed E-state index contributed by atoms with van der Waals surface area (Å²) in [4.78, 5) is 23.5. The first kappa shape index (κ1) is 21.8. The third-order valence-electron chi connectivity index (χ3n) is 5.10. The van der Waals surface area contributed by atoms with Gasteiger partial charge in [0.2, 0.25) is 0 Å². The first-order valence-corrected chi connectivity index (χ1v) is 9.53. The summed E-state index contributed by atoms with van der Waals surface area (Å²) in [6.45, 7) is 4.09. The van der Waals surface area contributed by atoms with Crippen molar-refractivity contribution in [2.45, 2.75) is 77.4 Å². The number of methoxy groups -OCH3 is 1. The molecular weight excluding hydrogens is 320 g/mol. The number of aliphatic hydroxyl groups excluding tert-OH is 2. The third kappa shape index (κ3) is 7.70. The Kier molecular flexibility index (Phi) is 9.98. The van der Waals surface area contributed by atoms with E-state index in [2.05, 4.69) is 11.7 Å². The lowest BCUT2D eigenvalue weighted by Gasteiger charge is -2.19. The molecule has 1 rings (SSSR count). The first-order chi connectivity index (χ1) is 11.9. The van der Waals surface area contributed by atoms with Crippen LogP contribution in [0.4, 0.5) is 0 Å². The molecule has 1 aliphatic rings. The van der Waals surface area contributed by atoms with Gasteiger partial charge in [0, 0.05) is 24.7 Å². The minimum atomic E-state index is -0.674. The Balaban J connectivity index is 2.55. The van der Waals surface area contributed by atoms with Crippen molar-refractivity contribution in [3.8, 4) is 0 Å². The molecule has 0 spiro atoms. The van der Waals surface area contributed by atoms with Crippen molar-refractivity contribution < 1.29 is 24.5 Å². The van der Waals surface area contributed by atoms with Gasteiger partial charge in [-0.1, -0.05) is 45.3 Å². The van der Waals surface area contributed by atoms with Gasteiger partial charge in [-0.3, -0.25) is 9.59 Å². The molecule has 2 N–H and O–H groups in total. The van der Waals surface area contributed by atoms with E-state index in [-0.39, 0.29) is 35.9 Å². The fraction of sp³-hybridized carbons (Fsp3) is 0.800. The van der Waals surface area contributed by atoms with Gasteiger partial charge in [-0.15, -0.1) is 0 Å². The molecule has 144 valence electrons. The quantitative estimate of drug-likeness (QED) is 0.338. The highest BCUT2D eigenvalue weighted by molar-refractivity contribution is 5.84. The fourth-order valence-corrected chi connectivity index (χ4v) is 3.48. The Labute approximate surface area is 151 Å². The molecular formula is C20H34O5. The van der Waals surface area contributed by atoms with Crippen molar-refractivity contribution in [3.05, 3.63) is 12.2 Å². The standard InChI is InChI=1S/C20H34O5/c1-4-5-6-7-15(21)9-11-17-16(18(22)13-19(17)23)10-8-14(2)12-20(24)25-3/h9,11,14-17,19,21,23H,4-8,10,12-13H2,1-3H3. The van der Waals surface area contributed by atoms with Gasteiger partial charge in [0.15, 0.2) is 0 Å². The number of rotatable bonds is 11. The predicted octanol–water partition coefficient (Wildman–Crippen LogP) is 3.03. The van der Waals surface area contributed by atoms with E-state index in [1.165, 1.54) is 7.11 Å². The van der Waals surface area contributed by atoms with E-state index in [9.17, 15) is 19.8 Å². The number of ether oxygens (including phenoxy) is 1. The summed E-state index contributed by atoms with van der Waals surface area (Å²) in [6.07, 6.45) is 8.15. The molecule has 1 saturated carbocycles. The second-order valence-corrected chi connectivity index (χ2v) is 7.33. The molecule has 0 aromatic rings. The van der Waals surface area contributed by atoms with Crippen molar-refractivity contribution in [1.29, 1.82) is 0 Å². The Bertz CT molecular complexity index is 445. The lowest BCUT2D eigenvalue weighted by molar-refractivity contribution is -0.141. The molecule has 0 aromatic heterocycles. The zero-order valence-corrected chi connectivity index (χ0v) is 15.8. The molecule has 0 aliphatic heterocycles. The molecule has 0 amide bonds. The summed E-state index contributed by atoms with van der Waals surface area (Å²) in [5, 5.41) is 20.2. The highest BCUT2D eigenvalue weighted by Crippen LogP contribution is 2.35. The normalized spacial score (nSPS) is 26.1. The van der Waals surface area contributed by atoms with Gasteiger partial charge in [0.25, 0.3) is 0 Å². The van der Waals surface area contributed by atoms with E-state index in [0.29, 0.717) is 19.3 Å². The van der Waals surface area contributed by atoms with Crippen LogP contribution < -0.4 is 0 Å². The average molecular weight is 354 g/mol. The van der Waals surface area contributed by atoms with E-state index in [4.69, 9.17) is 0 Å². The van der Waals surface area contributed by atoms with Crippen molar-refractivity contribution in [2.24, 2.45) is 17.8 Å². The Hall–Kier alpha value is -1.20. The van der Waals surface area contributed by atoms with Crippen molar-refractivity contribution >= 4 is 11.8 Å². The van der Waals surface area contributed by atoms with E-state index in [1.807, 2.05) is 13.0 Å². The van der Waals surface area contributed by atoms with Gasteiger partial charge in [0.05, 0.1) is 19.3 Å². The van der Waals surface area contributed by atoms with Crippen LogP contribution in [0, 0.1) is 17.8 Å². The van der Waals surface area contributed by atoms with Crippen LogP contribution in [0.25, 0.3) is 0 Å². The lowest BCUT2D eigenvalue weighted by Crippen LogP contribution is -2.20. The Morgan fingerprint density at radius 3 is 2.72 bits per heavy atom. The monoisotopic (exact) mass is 354 g/mol. The number of hydrogen-bond donors (Lipinski definition) is 2. The molecule has 0 aromatic carbocycles. The molecule has 1 aliphatic carbocycles. The van der Waals surface area contributed by atoms with Crippen LogP contribution in [0.5, 0.6) is 0 Å². The van der Waals surface area contributed by atoms with Crippen molar-refractivity contribution in [3.63, 3.8) is 0 Å².